The van der Waals surface area contributed by atoms with Gasteiger partial charge in [0.05, 0.1) is 0 Å². The minimum absolute atomic E-state index is 0. The van der Waals surface area contributed by atoms with Gasteiger partial charge < -0.3 is 38.9 Å². The second kappa shape index (κ2) is 7.37. The maximum Gasteiger partial charge on any atom is 0.105 e. The van der Waals surface area contributed by atoms with Gasteiger partial charge in [-0.1, -0.05) is 18.4 Å². The van der Waals surface area contributed by atoms with Crippen LogP contribution in [0.3, 0.4) is 0 Å². The first-order chi connectivity index (χ1) is 9.09. The largest absolute Gasteiger partial charge is 0.757 e. The first kappa shape index (κ1) is 16.6. The van der Waals surface area contributed by atoms with Gasteiger partial charge in [-0.2, -0.15) is 18.1 Å². The van der Waals surface area contributed by atoms with Gasteiger partial charge in [0.2, 0.25) is 0 Å². The van der Waals surface area contributed by atoms with E-state index in [0.717, 1.165) is 41.5 Å². The maximum atomic E-state index is 11.4. The summed E-state index contributed by atoms with van der Waals surface area (Å²) in [6.07, 6.45) is 2.71. The van der Waals surface area contributed by atoms with Crippen molar-refractivity contribution >= 4 is 11.6 Å². The molecule has 112 valence electrons. The van der Waals surface area contributed by atoms with E-state index >= 15 is 0 Å². The van der Waals surface area contributed by atoms with Crippen molar-refractivity contribution in [2.24, 2.45) is 0 Å². The molecule has 0 saturated carbocycles. The van der Waals surface area contributed by atoms with Crippen LogP contribution in [-0.2, 0) is 29.9 Å². The minimum atomic E-state index is 0. The Morgan fingerprint density at radius 3 is 2.60 bits per heavy atom. The van der Waals surface area contributed by atoms with Gasteiger partial charge in [-0.3, -0.25) is 5.78 Å². The fourth-order valence-corrected chi connectivity index (χ4v) is 2.51. The van der Waals surface area contributed by atoms with Crippen molar-refractivity contribution in [3.8, 4) is 0 Å². The molecule has 2 aromatic rings. The number of rotatable bonds is 6. The molecular formula is C17H18FeO2-6. The number of hydrogen-bond acceptors (Lipinski definition) is 2. The summed E-state index contributed by atoms with van der Waals surface area (Å²) in [5.41, 5.74) is 3.88. The molecule has 0 aliphatic heterocycles. The molecule has 0 saturated heterocycles. The Kier molecular flexibility index (Phi) is 6.12. The number of Topliss-reactive ketones (excluding diaryl/α,β-unsaturated/α-hetero) is 2. The van der Waals surface area contributed by atoms with E-state index in [4.69, 9.17) is 0 Å². The summed E-state index contributed by atoms with van der Waals surface area (Å²) in [6, 6.07) is 11.6. The first-order valence-corrected chi connectivity index (χ1v) is 6.60. The molecule has 0 radical (unpaired) electrons. The molecule has 2 rings (SSSR count). The number of carbonyl (C=O) groups is 2. The Hall–Kier alpha value is -1.44. The van der Waals surface area contributed by atoms with Crippen LogP contribution in [0.2, 0.25) is 0 Å². The van der Waals surface area contributed by atoms with Crippen LogP contribution in [0, 0.1) is 0 Å². The van der Waals surface area contributed by atoms with Gasteiger partial charge in [-0.25, -0.2) is 12.1 Å². The van der Waals surface area contributed by atoms with Gasteiger partial charge >= 0.3 is 0 Å². The number of aryl methyl sites for hydroxylation is 2. The first-order valence-electron chi connectivity index (χ1n) is 6.60. The molecule has 0 spiro atoms. The molecule has 20 heavy (non-hydrogen) atoms. The predicted octanol–water partition coefficient (Wildman–Crippen LogP) is 3.70. The number of ketones is 2. The van der Waals surface area contributed by atoms with Crippen LogP contribution in [-0.4, -0.2) is 11.6 Å². The van der Waals surface area contributed by atoms with Gasteiger partial charge in [0, 0.05) is 17.1 Å². The SMILES string of the molecule is CC(=O)[c-]1cccc1CCC[c-]1[cH-][cH-][cH-][c-]1C(C)=O.[Fe]. The predicted molar refractivity (Wildman–Crippen MR) is 76.1 cm³/mol. The molecule has 3 heteroatoms. The van der Waals surface area contributed by atoms with Crippen molar-refractivity contribution in [3.63, 3.8) is 0 Å². The molecule has 0 atom stereocenters. The van der Waals surface area contributed by atoms with E-state index in [1.54, 1.807) is 13.8 Å². The molecule has 0 bridgehead atoms. The van der Waals surface area contributed by atoms with Crippen LogP contribution >= 0.6 is 0 Å². The van der Waals surface area contributed by atoms with Gasteiger partial charge in [0.1, 0.15) is 5.78 Å². The van der Waals surface area contributed by atoms with E-state index in [-0.39, 0.29) is 28.6 Å². The van der Waals surface area contributed by atoms with Gasteiger partial charge in [0.25, 0.3) is 0 Å². The van der Waals surface area contributed by atoms with Crippen molar-refractivity contribution in [2.45, 2.75) is 33.1 Å². The molecule has 0 heterocycles. The van der Waals surface area contributed by atoms with Crippen molar-refractivity contribution in [3.05, 3.63) is 58.7 Å². The Balaban J connectivity index is 0.00000200. The molecule has 2 aromatic carbocycles. The zero-order valence-electron chi connectivity index (χ0n) is 11.8. The third-order valence-corrected chi connectivity index (χ3v) is 3.46. The average Bonchev–Trinajstić information content (AvgIpc) is 2.96. The summed E-state index contributed by atoms with van der Waals surface area (Å²) < 4.78 is 0. The monoisotopic (exact) mass is 310 g/mol. The summed E-state index contributed by atoms with van der Waals surface area (Å²) in [7, 11) is 0. The summed E-state index contributed by atoms with van der Waals surface area (Å²) in [4.78, 5) is 22.8. The summed E-state index contributed by atoms with van der Waals surface area (Å²) in [5.74, 6) is 0.246. The normalized spacial score (nSPS) is 10.1. The summed E-state index contributed by atoms with van der Waals surface area (Å²) >= 11 is 0. The topological polar surface area (TPSA) is 34.1 Å². The molecule has 0 aromatic heterocycles. The summed E-state index contributed by atoms with van der Waals surface area (Å²) in [5, 5.41) is 0. The van der Waals surface area contributed by atoms with Crippen molar-refractivity contribution < 1.29 is 26.7 Å². The molecule has 0 fully saturated rings. The molecule has 0 N–H and O–H groups in total. The molecular weight excluding hydrogens is 292 g/mol. The molecule has 0 aliphatic carbocycles. The molecule has 0 aliphatic rings. The third-order valence-electron chi connectivity index (χ3n) is 3.46. The fraction of sp³-hybridized carbons (Fsp3) is 0.294. The van der Waals surface area contributed by atoms with Crippen LogP contribution in [0.25, 0.3) is 0 Å². The zero-order chi connectivity index (χ0) is 13.8. The van der Waals surface area contributed by atoms with Crippen LogP contribution in [0.4, 0.5) is 0 Å². The Morgan fingerprint density at radius 1 is 1.20 bits per heavy atom. The molecule has 2 nitrogen and oxygen atoms in total. The Labute approximate surface area is 130 Å². The Bertz CT molecular complexity index is 537. The average molecular weight is 310 g/mol. The van der Waals surface area contributed by atoms with Crippen LogP contribution in [0.5, 0.6) is 0 Å². The second-order valence-corrected chi connectivity index (χ2v) is 4.90. The van der Waals surface area contributed by atoms with Gasteiger partial charge in [0.15, 0.2) is 0 Å². The maximum absolute atomic E-state index is 11.4. The van der Waals surface area contributed by atoms with E-state index in [1.165, 1.54) is 0 Å². The standard InChI is InChI=1S/C17H18O2.Fe/c1-12(18)16-10-4-8-14(16)6-3-7-15-9-5-11-17(15)13(2)19;/h4-5,8-11H,3,6-7H2,1-2H3;/q-6;. The number of carbonyl (C=O) groups excluding carboxylic acids is 2. The molecule has 0 amide bonds. The van der Waals surface area contributed by atoms with Gasteiger partial charge in [-0.15, -0.1) is 6.92 Å². The van der Waals surface area contributed by atoms with Crippen LogP contribution < -0.4 is 0 Å². The van der Waals surface area contributed by atoms with Crippen molar-refractivity contribution in [2.75, 3.05) is 0 Å². The van der Waals surface area contributed by atoms with E-state index in [9.17, 15) is 9.59 Å². The van der Waals surface area contributed by atoms with Crippen LogP contribution in [0.1, 0.15) is 52.1 Å². The summed E-state index contributed by atoms with van der Waals surface area (Å²) in [6.45, 7) is 3.20. The van der Waals surface area contributed by atoms with Crippen molar-refractivity contribution in [1.82, 2.24) is 0 Å². The second-order valence-electron chi connectivity index (χ2n) is 4.90. The van der Waals surface area contributed by atoms with Gasteiger partial charge in [-0.05, 0) is 6.92 Å². The van der Waals surface area contributed by atoms with E-state index < -0.39 is 0 Å². The smallest absolute Gasteiger partial charge is 0.105 e. The minimum Gasteiger partial charge on any atom is -0.757 e. The van der Waals surface area contributed by atoms with E-state index in [2.05, 4.69) is 0 Å². The van der Waals surface area contributed by atoms with E-state index in [1.807, 2.05) is 36.4 Å². The Morgan fingerprint density at radius 2 is 1.95 bits per heavy atom. The number of hydrogen-bond donors (Lipinski definition) is 0. The van der Waals surface area contributed by atoms with Crippen molar-refractivity contribution in [1.29, 1.82) is 0 Å². The fourth-order valence-electron chi connectivity index (χ4n) is 2.51. The molecule has 0 unspecified atom stereocenters. The van der Waals surface area contributed by atoms with Crippen LogP contribution in [0.15, 0.2) is 36.4 Å². The van der Waals surface area contributed by atoms with E-state index in [0.29, 0.717) is 0 Å². The zero-order valence-corrected chi connectivity index (χ0v) is 12.9. The third kappa shape index (κ3) is 3.78. The quantitative estimate of drug-likeness (QED) is 0.463.